The van der Waals surface area contributed by atoms with Gasteiger partial charge in [0.05, 0.1) is 18.5 Å². The molecule has 14 nitrogen and oxygen atoms in total. The first-order valence-electron chi connectivity index (χ1n) is 17.9. The van der Waals surface area contributed by atoms with E-state index < -0.39 is 41.8 Å². The van der Waals surface area contributed by atoms with Crippen molar-refractivity contribution in [2.45, 2.75) is 105 Å². The van der Waals surface area contributed by atoms with Gasteiger partial charge in [0.25, 0.3) is 11.5 Å². The van der Waals surface area contributed by atoms with Crippen LogP contribution in [0.2, 0.25) is 0 Å². The number of rotatable bonds is 8. The number of hydrogen-bond acceptors (Lipinski definition) is 9. The lowest BCUT2D eigenvalue weighted by atomic mass is 10.1. The molecule has 3 aromatic rings. The summed E-state index contributed by atoms with van der Waals surface area (Å²) >= 11 is 1.45. The number of carbonyl (C=O) groups excluding carboxylic acids is 5. The van der Waals surface area contributed by atoms with Crippen LogP contribution < -0.4 is 26.8 Å². The Hall–Kier alpha value is -4.66. The fourth-order valence-corrected chi connectivity index (χ4v) is 5.26. The van der Waals surface area contributed by atoms with Crippen LogP contribution in [0, 0.1) is 11.8 Å². The Bertz CT molecular complexity index is 1710. The first-order chi connectivity index (χ1) is 24.5. The highest BCUT2D eigenvalue weighted by atomic mass is 32.1. The fourth-order valence-electron chi connectivity index (χ4n) is 4.49. The van der Waals surface area contributed by atoms with Crippen LogP contribution in [0.25, 0.3) is 21.7 Å². The molecule has 3 aromatic heterocycles. The van der Waals surface area contributed by atoms with Gasteiger partial charge in [0.15, 0.2) is 5.82 Å². The van der Waals surface area contributed by atoms with Crippen molar-refractivity contribution in [1.29, 1.82) is 0 Å². The van der Waals surface area contributed by atoms with E-state index in [9.17, 15) is 28.8 Å². The smallest absolute Gasteiger partial charge is 0.315 e. The summed E-state index contributed by atoms with van der Waals surface area (Å²) in [7, 11) is 0. The highest BCUT2D eigenvalue weighted by Crippen LogP contribution is 2.26. The van der Waals surface area contributed by atoms with E-state index in [1.165, 1.54) is 29.1 Å². The van der Waals surface area contributed by atoms with Crippen molar-refractivity contribution in [3.05, 3.63) is 46.2 Å². The third-order valence-electron chi connectivity index (χ3n) is 7.46. The zero-order valence-corrected chi connectivity index (χ0v) is 32.2. The molecule has 284 valence electrons. The first-order valence-corrected chi connectivity index (χ1v) is 18.8. The molecule has 3 aliphatic rings. The van der Waals surface area contributed by atoms with E-state index in [-0.39, 0.29) is 24.1 Å². The maximum Gasteiger partial charge on any atom is 0.315 e. The summed E-state index contributed by atoms with van der Waals surface area (Å²) in [5, 5.41) is 12.7. The third-order valence-corrected chi connectivity index (χ3v) is 8.27. The summed E-state index contributed by atoms with van der Waals surface area (Å²) in [5.41, 5.74) is 0.128. The lowest BCUT2D eigenvalue weighted by Crippen LogP contribution is -2.52. The summed E-state index contributed by atoms with van der Waals surface area (Å²) in [6.45, 7) is 14.0. The summed E-state index contributed by atoms with van der Waals surface area (Å²) in [6, 6.07) is 6.17. The number of nitrogens with zero attached hydrogens (tertiary/aromatic N) is 3. The molecule has 1 aliphatic heterocycles. The van der Waals surface area contributed by atoms with E-state index in [2.05, 4.69) is 63.9 Å². The zero-order chi connectivity index (χ0) is 38.4. The number of likely N-dealkylation sites (tertiary alicyclic amines) is 1. The quantitative estimate of drug-likeness (QED) is 0.213. The van der Waals surface area contributed by atoms with Crippen LogP contribution in [0.15, 0.2) is 40.6 Å². The number of aromatic nitrogens is 3. The first kappa shape index (κ1) is 41.8. The Morgan fingerprint density at radius 1 is 0.981 bits per heavy atom. The number of H-pyrrole nitrogens is 1. The van der Waals surface area contributed by atoms with Gasteiger partial charge in [0, 0.05) is 24.3 Å². The van der Waals surface area contributed by atoms with Crippen molar-refractivity contribution in [3.63, 3.8) is 0 Å². The molecule has 0 bridgehead atoms. The van der Waals surface area contributed by atoms with Gasteiger partial charge in [0.2, 0.25) is 17.6 Å². The standard InChI is InChI=1S/C18H29N5O5.C11H7N3OS.C4H8.C4H10/c1-18(2,3)22-17(28)20-10-14(25)23-8-4-5-12(23)15(26)19-9-13(24)16(27)21-11-6-7-11;15-10-7-4-6-16-11(7)14-9(13-10)8-3-1-2-5-12-8;1-4-2-3-4;1-4(2)3/h11-12H,4-10H2,1-3H3,(H,19,26)(H,21,27)(H2,20,22,28);1-6H,(H,13,14,15);4H,2-3H2,1H3;4H,1-3H3. The second kappa shape index (κ2) is 19.8. The number of carbonyl (C=O) groups is 5. The molecule has 0 aromatic carbocycles. The summed E-state index contributed by atoms with van der Waals surface area (Å²) in [4.78, 5) is 85.0. The molecule has 1 unspecified atom stereocenters. The molecule has 2 aliphatic carbocycles. The molecular weight excluding hydrogens is 685 g/mol. The van der Waals surface area contributed by atoms with Crippen LogP contribution in [-0.4, -0.2) is 86.6 Å². The molecule has 1 saturated heterocycles. The van der Waals surface area contributed by atoms with Gasteiger partial charge >= 0.3 is 6.03 Å². The molecule has 1 atom stereocenters. The zero-order valence-electron chi connectivity index (χ0n) is 31.3. The van der Waals surface area contributed by atoms with Gasteiger partial charge in [-0.25, -0.2) is 9.78 Å². The van der Waals surface area contributed by atoms with E-state index in [1.807, 2.05) is 44.4 Å². The Kier molecular flexibility index (Phi) is 15.9. The summed E-state index contributed by atoms with van der Waals surface area (Å²) < 4.78 is 0. The molecule has 0 spiro atoms. The van der Waals surface area contributed by atoms with Crippen LogP contribution in [0.3, 0.4) is 0 Å². The SMILES string of the molecule is CC(C)(C)NC(=O)NCC(=O)N1CCCC1C(=O)NCC(=O)C(=O)NC1CC1.CC(C)C.CC1CC1.O=c1[nH]c(-c2ccccn2)nc2sccc12. The van der Waals surface area contributed by atoms with Crippen LogP contribution in [0.1, 0.15) is 87.0 Å². The number of nitrogens with one attached hydrogen (secondary N) is 5. The average molecular weight is 739 g/mol. The predicted octanol–water partition coefficient (Wildman–Crippen LogP) is 4.16. The molecule has 4 heterocycles. The number of pyridine rings is 1. The van der Waals surface area contributed by atoms with Crippen LogP contribution in [0.4, 0.5) is 4.79 Å². The molecule has 2 saturated carbocycles. The highest BCUT2D eigenvalue weighted by molar-refractivity contribution is 7.16. The molecule has 3 fully saturated rings. The fraction of sp³-hybridized carbons (Fsp3) is 0.568. The number of urea groups is 1. The topological polar surface area (TPSA) is 195 Å². The summed E-state index contributed by atoms with van der Waals surface area (Å²) in [5.74, 6) is 0.172. The van der Waals surface area contributed by atoms with E-state index in [0.717, 1.165) is 29.5 Å². The highest BCUT2D eigenvalue weighted by Gasteiger charge is 2.34. The number of ketones is 1. The Morgan fingerprint density at radius 3 is 2.23 bits per heavy atom. The van der Waals surface area contributed by atoms with Crippen molar-refractivity contribution < 1.29 is 24.0 Å². The predicted molar refractivity (Wildman–Crippen MR) is 203 cm³/mol. The van der Waals surface area contributed by atoms with Gasteiger partial charge in [-0.05, 0) is 81.9 Å². The van der Waals surface area contributed by atoms with Crippen molar-refractivity contribution >= 4 is 51.1 Å². The van der Waals surface area contributed by atoms with Crippen molar-refractivity contribution in [2.24, 2.45) is 11.8 Å². The van der Waals surface area contributed by atoms with Gasteiger partial charge < -0.3 is 31.2 Å². The van der Waals surface area contributed by atoms with Crippen molar-refractivity contribution in [2.75, 3.05) is 19.6 Å². The number of fused-ring (bicyclic) bond motifs is 1. The molecule has 5 N–H and O–H groups in total. The minimum Gasteiger partial charge on any atom is -0.347 e. The molecule has 0 radical (unpaired) electrons. The largest absolute Gasteiger partial charge is 0.347 e. The van der Waals surface area contributed by atoms with Gasteiger partial charge in [-0.3, -0.25) is 29.0 Å². The average Bonchev–Trinajstić information content (AvgIpc) is 3.95. The molecule has 5 amide bonds. The molecule has 15 heteroatoms. The van der Waals surface area contributed by atoms with E-state index >= 15 is 0 Å². The molecular formula is C37H54N8O6S. The van der Waals surface area contributed by atoms with E-state index in [4.69, 9.17) is 0 Å². The third kappa shape index (κ3) is 15.3. The maximum absolute atomic E-state index is 12.4. The Morgan fingerprint density at radius 2 is 1.65 bits per heavy atom. The van der Waals surface area contributed by atoms with Crippen LogP contribution in [-0.2, 0) is 19.2 Å². The lowest BCUT2D eigenvalue weighted by Gasteiger charge is -2.25. The number of amides is 5. The van der Waals surface area contributed by atoms with Gasteiger partial charge in [0.1, 0.15) is 16.6 Å². The Balaban J connectivity index is 0.000000250. The van der Waals surface area contributed by atoms with Crippen LogP contribution >= 0.6 is 11.3 Å². The number of hydrogen-bond donors (Lipinski definition) is 5. The van der Waals surface area contributed by atoms with Gasteiger partial charge in [-0.2, -0.15) is 0 Å². The molecule has 52 heavy (non-hydrogen) atoms. The molecule has 6 rings (SSSR count). The normalized spacial score (nSPS) is 16.2. The summed E-state index contributed by atoms with van der Waals surface area (Å²) in [6.07, 6.45) is 7.50. The minimum atomic E-state index is -0.711. The van der Waals surface area contributed by atoms with Gasteiger partial charge in [-0.1, -0.05) is 46.6 Å². The van der Waals surface area contributed by atoms with Gasteiger partial charge in [-0.15, -0.1) is 11.3 Å². The monoisotopic (exact) mass is 738 g/mol. The minimum absolute atomic E-state index is 0.0677. The maximum atomic E-state index is 12.4. The van der Waals surface area contributed by atoms with Crippen molar-refractivity contribution in [3.8, 4) is 11.5 Å². The Labute approximate surface area is 309 Å². The number of aromatic amines is 1. The van der Waals surface area contributed by atoms with E-state index in [0.29, 0.717) is 36.3 Å². The van der Waals surface area contributed by atoms with Crippen LogP contribution in [0.5, 0.6) is 0 Å². The second-order valence-corrected chi connectivity index (χ2v) is 15.8. The van der Waals surface area contributed by atoms with Crippen molar-refractivity contribution in [1.82, 2.24) is 41.1 Å². The second-order valence-electron chi connectivity index (χ2n) is 14.9. The lowest BCUT2D eigenvalue weighted by molar-refractivity contribution is -0.140. The van der Waals surface area contributed by atoms with E-state index in [1.54, 1.807) is 12.3 Å². The number of Topliss-reactive ketones (excluding diaryl/α,β-unsaturated/α-hetero) is 1. The number of thiophene rings is 1.